The predicted octanol–water partition coefficient (Wildman–Crippen LogP) is 9.22. The molecule has 1 amide bonds. The number of amides is 1. The first-order valence-corrected chi connectivity index (χ1v) is 11.9. The topological polar surface area (TPSA) is 42.0 Å². The zero-order valence-corrected chi connectivity index (χ0v) is 21.5. The van der Waals surface area contributed by atoms with E-state index in [9.17, 15) is 79.4 Å². The van der Waals surface area contributed by atoms with Crippen molar-refractivity contribution in [3.05, 3.63) is 48.0 Å². The Hall–Kier alpha value is -3.39. The van der Waals surface area contributed by atoms with Crippen molar-refractivity contribution in [2.24, 2.45) is 0 Å². The number of hydrogen-bond donors (Lipinski definition) is 1. The molecule has 0 unspecified atom stereocenters. The van der Waals surface area contributed by atoms with Crippen molar-refractivity contribution >= 4 is 33.1 Å². The number of anilines is 1. The quantitative estimate of drug-likeness (QED) is 0.228. The van der Waals surface area contributed by atoms with E-state index in [2.05, 4.69) is 4.98 Å². The number of rotatable bonds is 9. The summed E-state index contributed by atoms with van der Waals surface area (Å²) in [5.41, 5.74) is 0.647. The summed E-state index contributed by atoms with van der Waals surface area (Å²) in [7, 11) is 0. The second-order valence-corrected chi connectivity index (χ2v) is 10.1. The van der Waals surface area contributed by atoms with Crippen LogP contribution in [0.4, 0.5) is 80.3 Å². The average molecular weight is 686 g/mol. The number of benzene rings is 2. The second kappa shape index (κ2) is 10.3. The fourth-order valence-electron chi connectivity index (χ4n) is 3.37. The molecule has 0 saturated carbocycles. The maximum absolute atomic E-state index is 14.2. The third-order valence-corrected chi connectivity index (χ3v) is 7.01. The van der Waals surface area contributed by atoms with Gasteiger partial charge in [0.25, 0.3) is 0 Å². The molecule has 1 N–H and O–H groups in total. The largest absolute Gasteiger partial charge is 0.460 e. The molecule has 0 aliphatic rings. The maximum atomic E-state index is 14.2. The minimum Gasteiger partial charge on any atom is -0.321 e. The third-order valence-electron chi connectivity index (χ3n) is 5.94. The molecular weight excluding hydrogens is 675 g/mol. The van der Waals surface area contributed by atoms with Crippen LogP contribution < -0.4 is 5.32 Å². The second-order valence-electron chi connectivity index (χ2n) is 9.04. The van der Waals surface area contributed by atoms with Crippen LogP contribution >= 0.6 is 11.3 Å². The average Bonchev–Trinajstić information content (AvgIpc) is 3.30. The van der Waals surface area contributed by atoms with Gasteiger partial charge in [0.2, 0.25) is 0 Å². The van der Waals surface area contributed by atoms with E-state index in [4.69, 9.17) is 0 Å². The molecule has 0 saturated heterocycles. The van der Waals surface area contributed by atoms with E-state index in [1.165, 1.54) is 0 Å². The van der Waals surface area contributed by atoms with Gasteiger partial charge in [0.1, 0.15) is 5.01 Å². The Morgan fingerprint density at radius 1 is 0.636 bits per heavy atom. The van der Waals surface area contributed by atoms with Crippen LogP contribution in [0.5, 0.6) is 0 Å². The minimum atomic E-state index is -8.77. The van der Waals surface area contributed by atoms with E-state index < -0.39 is 59.2 Å². The molecule has 2 aromatic carbocycles. The Morgan fingerprint density at radius 2 is 1.09 bits per heavy atom. The smallest absolute Gasteiger partial charge is 0.321 e. The lowest BCUT2D eigenvalue weighted by Gasteiger charge is -2.42. The van der Waals surface area contributed by atoms with Gasteiger partial charge in [-0.3, -0.25) is 4.79 Å². The molecule has 0 atom stereocenters. The van der Waals surface area contributed by atoms with Gasteiger partial charge in [-0.15, -0.1) is 11.3 Å². The number of nitrogens with zero attached hydrogens (tertiary/aromatic N) is 1. The number of fused-ring (bicyclic) bond motifs is 1. The number of carbonyl (C=O) groups excluding carboxylic acids is 1. The lowest BCUT2D eigenvalue weighted by Crippen LogP contribution is -2.75. The predicted molar refractivity (Wildman–Crippen MR) is 119 cm³/mol. The molecule has 44 heavy (non-hydrogen) atoms. The van der Waals surface area contributed by atoms with Crippen LogP contribution in [0.3, 0.4) is 0 Å². The van der Waals surface area contributed by atoms with Crippen LogP contribution in [0.25, 0.3) is 20.8 Å². The van der Waals surface area contributed by atoms with Crippen molar-refractivity contribution in [1.82, 2.24) is 4.98 Å². The van der Waals surface area contributed by atoms with E-state index in [1.807, 2.05) is 0 Å². The molecule has 0 bridgehead atoms. The minimum absolute atomic E-state index is 0.212. The Balaban J connectivity index is 1.91. The van der Waals surface area contributed by atoms with Gasteiger partial charge in [-0.05, 0) is 48.9 Å². The van der Waals surface area contributed by atoms with E-state index in [0.717, 1.165) is 34.3 Å². The van der Waals surface area contributed by atoms with Crippen LogP contribution in [0.15, 0.2) is 42.5 Å². The summed E-state index contributed by atoms with van der Waals surface area (Å²) in [6.07, 6.45) is -7.85. The van der Waals surface area contributed by atoms with Crippen molar-refractivity contribution in [3.8, 4) is 10.6 Å². The van der Waals surface area contributed by atoms with E-state index >= 15 is 0 Å². The van der Waals surface area contributed by atoms with Crippen molar-refractivity contribution in [1.29, 1.82) is 0 Å². The summed E-state index contributed by atoms with van der Waals surface area (Å²) in [6, 6.07) is 8.49. The molecule has 0 aliphatic heterocycles. The Labute approximate surface area is 236 Å². The molecule has 3 nitrogen and oxygen atoms in total. The first kappa shape index (κ1) is 35.1. The monoisotopic (exact) mass is 686 g/mol. The van der Waals surface area contributed by atoms with Crippen LogP contribution in [-0.2, 0) is 4.79 Å². The molecular formula is C23H11F17N2OS. The lowest BCUT2D eigenvalue weighted by molar-refractivity contribution is -0.459. The molecule has 0 radical (unpaired) electrons. The Morgan fingerprint density at radius 3 is 1.57 bits per heavy atom. The van der Waals surface area contributed by atoms with Crippen molar-refractivity contribution in [3.63, 3.8) is 0 Å². The normalized spacial score (nSPS) is 14.7. The zero-order chi connectivity index (χ0) is 34.1. The summed E-state index contributed by atoms with van der Waals surface area (Å²) in [5.74, 6) is -61.9. The molecule has 244 valence electrons. The number of carbonyl (C=O) groups is 1. The highest BCUT2D eigenvalue weighted by Crippen LogP contribution is 2.64. The van der Waals surface area contributed by atoms with Gasteiger partial charge < -0.3 is 5.32 Å². The summed E-state index contributed by atoms with van der Waals surface area (Å²) in [4.78, 5) is 16.0. The molecule has 21 heteroatoms. The highest BCUT2D eigenvalue weighted by atomic mass is 32.1. The van der Waals surface area contributed by atoms with Crippen LogP contribution in [0, 0.1) is 6.92 Å². The lowest BCUT2D eigenvalue weighted by atomic mass is 9.89. The number of aromatic nitrogens is 1. The summed E-state index contributed by atoms with van der Waals surface area (Å²) < 4.78 is 229. The number of thiazole rings is 1. The molecule has 1 heterocycles. The van der Waals surface area contributed by atoms with Crippen LogP contribution in [0.2, 0.25) is 0 Å². The molecule has 3 rings (SSSR count). The molecule has 3 aromatic rings. The zero-order valence-electron chi connectivity index (χ0n) is 20.7. The first-order valence-electron chi connectivity index (χ1n) is 11.1. The summed E-state index contributed by atoms with van der Waals surface area (Å²) in [5, 5.41) is 1.16. The van der Waals surface area contributed by atoms with Gasteiger partial charge in [0, 0.05) is 11.3 Å². The van der Waals surface area contributed by atoms with E-state index in [-0.39, 0.29) is 10.6 Å². The van der Waals surface area contributed by atoms with E-state index in [0.29, 0.717) is 22.3 Å². The van der Waals surface area contributed by atoms with E-state index in [1.54, 1.807) is 25.1 Å². The van der Waals surface area contributed by atoms with Gasteiger partial charge in [-0.2, -0.15) is 74.6 Å². The standard InChI is InChI=1S/C23H11F17N2OS/c1-9-2-7-12-13(8-9)44-14(42-12)10-3-5-11(6-4-10)41-15(43)16(24,25)17(26,27)18(28,29)19(30,31)20(32,33)21(34,35)22(36,37)23(38,39)40/h2-8H,1H3,(H,41,43). The van der Waals surface area contributed by atoms with Gasteiger partial charge in [0.15, 0.2) is 0 Å². The van der Waals surface area contributed by atoms with Crippen LogP contribution in [-0.4, -0.2) is 58.5 Å². The number of alkyl halides is 17. The molecule has 0 spiro atoms. The van der Waals surface area contributed by atoms with Crippen molar-refractivity contribution in [2.75, 3.05) is 5.32 Å². The fraction of sp³-hybridized carbons (Fsp3) is 0.391. The highest BCUT2D eigenvalue weighted by molar-refractivity contribution is 7.21. The van der Waals surface area contributed by atoms with Gasteiger partial charge in [0.05, 0.1) is 10.2 Å². The fourth-order valence-corrected chi connectivity index (χ4v) is 4.44. The molecule has 0 fully saturated rings. The Bertz CT molecular complexity index is 1540. The highest BCUT2D eigenvalue weighted by Gasteiger charge is 2.95. The number of nitrogens with one attached hydrogen (secondary N) is 1. The first-order chi connectivity index (χ1) is 19.6. The van der Waals surface area contributed by atoms with Gasteiger partial charge in [-0.25, -0.2) is 4.98 Å². The molecule has 1 aromatic heterocycles. The van der Waals surface area contributed by atoms with Crippen molar-refractivity contribution < 1.29 is 79.4 Å². The van der Waals surface area contributed by atoms with Crippen LogP contribution in [0.1, 0.15) is 5.56 Å². The Kier molecular flexibility index (Phi) is 8.24. The number of hydrogen-bond acceptors (Lipinski definition) is 3. The summed E-state index contributed by atoms with van der Waals surface area (Å²) in [6.45, 7) is 1.76. The van der Waals surface area contributed by atoms with Gasteiger partial charge in [-0.1, -0.05) is 6.07 Å². The number of halogens is 17. The maximum Gasteiger partial charge on any atom is 0.460 e. The summed E-state index contributed by atoms with van der Waals surface area (Å²) >= 11 is 1.11. The van der Waals surface area contributed by atoms with Gasteiger partial charge >= 0.3 is 53.5 Å². The number of aryl methyl sites for hydroxylation is 1. The van der Waals surface area contributed by atoms with Crippen molar-refractivity contribution in [2.45, 2.75) is 54.6 Å². The third kappa shape index (κ3) is 4.99. The molecule has 0 aliphatic carbocycles. The SMILES string of the molecule is Cc1ccc2nc(-c3ccc(NC(=O)C(F)(F)C(F)(F)C(F)(F)C(F)(F)C(F)(F)C(F)(F)C(F)(F)C(F)(F)F)cc3)sc2c1.